The molecular formula is C7H6ClFN2O2S. The zero-order valence-corrected chi connectivity index (χ0v) is 8.52. The summed E-state index contributed by atoms with van der Waals surface area (Å²) in [6.07, 6.45) is 2.58. The minimum absolute atomic E-state index is 0.0907. The largest absolute Gasteiger partial charge is 0.303 e. The first-order valence-electron chi connectivity index (χ1n) is 3.70. The highest BCUT2D eigenvalue weighted by molar-refractivity contribution is 7.92. The first-order valence-corrected chi connectivity index (χ1v) is 4.75. The lowest BCUT2D eigenvalue weighted by Gasteiger charge is -2.01. The minimum Gasteiger partial charge on any atom is -0.303 e. The van der Waals surface area contributed by atoms with E-state index in [4.69, 9.17) is 11.6 Å². The van der Waals surface area contributed by atoms with Crippen molar-refractivity contribution in [3.63, 3.8) is 0 Å². The molecule has 0 unspecified atom stereocenters. The number of halogens is 2. The smallest absolute Gasteiger partial charge is 0.298 e. The van der Waals surface area contributed by atoms with Crippen LogP contribution >= 0.6 is 23.9 Å². The summed E-state index contributed by atoms with van der Waals surface area (Å²) in [4.78, 5) is 21.3. The molecule has 0 aliphatic rings. The van der Waals surface area contributed by atoms with E-state index in [9.17, 15) is 13.5 Å². The molecule has 0 amide bonds. The van der Waals surface area contributed by atoms with E-state index in [2.05, 4.69) is 5.10 Å². The van der Waals surface area contributed by atoms with Gasteiger partial charge >= 0.3 is 0 Å². The van der Waals surface area contributed by atoms with Gasteiger partial charge in [-0.3, -0.25) is 4.79 Å². The third kappa shape index (κ3) is 2.33. The number of carbonyl (C=O) groups is 1. The molecule has 0 aliphatic carbocycles. The monoisotopic (exact) mass is 236 g/mol. The number of aromatic nitrogens is 2. The molecule has 0 atom stereocenters. The zero-order chi connectivity index (χ0) is 10.6. The predicted octanol–water partition coefficient (Wildman–Crippen LogP) is 1.41. The lowest BCUT2D eigenvalue weighted by atomic mass is 10.2. The van der Waals surface area contributed by atoms with E-state index in [-0.39, 0.29) is 23.8 Å². The first kappa shape index (κ1) is 11.2. The Kier molecular flexibility index (Phi) is 4.09. The summed E-state index contributed by atoms with van der Waals surface area (Å²) in [6.45, 7) is 0. The Morgan fingerprint density at radius 1 is 1.71 bits per heavy atom. The Bertz CT molecular complexity index is 396. The molecule has 1 heterocycles. The van der Waals surface area contributed by atoms with Crippen molar-refractivity contribution in [2.24, 2.45) is 0 Å². The van der Waals surface area contributed by atoms with Gasteiger partial charge in [-0.2, -0.15) is 5.10 Å². The van der Waals surface area contributed by atoms with Crippen LogP contribution in [0.15, 0.2) is 11.0 Å². The average molecular weight is 237 g/mol. The molecule has 0 saturated heterocycles. The summed E-state index contributed by atoms with van der Waals surface area (Å²) in [6, 6.07) is 0. The fourth-order valence-electron chi connectivity index (χ4n) is 0.890. The van der Waals surface area contributed by atoms with E-state index < -0.39 is 5.56 Å². The minimum atomic E-state index is -0.706. The van der Waals surface area contributed by atoms with Crippen molar-refractivity contribution in [3.05, 3.63) is 27.1 Å². The van der Waals surface area contributed by atoms with E-state index in [1.54, 1.807) is 0 Å². The summed E-state index contributed by atoms with van der Waals surface area (Å²) < 4.78 is 12.6. The van der Waals surface area contributed by atoms with Crippen LogP contribution in [0.1, 0.15) is 12.0 Å². The number of aldehydes is 1. The van der Waals surface area contributed by atoms with Crippen molar-refractivity contribution in [1.29, 1.82) is 0 Å². The van der Waals surface area contributed by atoms with Crippen molar-refractivity contribution in [1.82, 2.24) is 9.19 Å². The molecule has 4 nitrogen and oxygen atoms in total. The van der Waals surface area contributed by atoms with Crippen LogP contribution in [0.25, 0.3) is 0 Å². The molecule has 14 heavy (non-hydrogen) atoms. The van der Waals surface area contributed by atoms with E-state index in [0.717, 1.165) is 0 Å². The van der Waals surface area contributed by atoms with Crippen molar-refractivity contribution in [2.75, 3.05) is 0 Å². The molecule has 0 fully saturated rings. The molecule has 0 spiro atoms. The Morgan fingerprint density at radius 3 is 3.00 bits per heavy atom. The van der Waals surface area contributed by atoms with E-state index in [1.807, 2.05) is 0 Å². The average Bonchev–Trinajstić information content (AvgIpc) is 2.20. The zero-order valence-electron chi connectivity index (χ0n) is 6.94. The normalized spacial score (nSPS) is 10.1. The van der Waals surface area contributed by atoms with Crippen molar-refractivity contribution < 1.29 is 8.68 Å². The van der Waals surface area contributed by atoms with Gasteiger partial charge in [0.05, 0.1) is 6.20 Å². The van der Waals surface area contributed by atoms with E-state index in [1.165, 1.54) is 6.20 Å². The molecule has 1 aromatic rings. The van der Waals surface area contributed by atoms with Gasteiger partial charge in [0.2, 0.25) is 0 Å². The Morgan fingerprint density at radius 2 is 2.43 bits per heavy atom. The Balaban J connectivity index is 3.04. The second-order valence-corrected chi connectivity index (χ2v) is 3.30. The van der Waals surface area contributed by atoms with Crippen molar-refractivity contribution in [2.45, 2.75) is 12.8 Å². The van der Waals surface area contributed by atoms with Crippen LogP contribution in [-0.2, 0) is 11.2 Å². The van der Waals surface area contributed by atoms with Crippen LogP contribution in [0.5, 0.6) is 0 Å². The van der Waals surface area contributed by atoms with Crippen LogP contribution in [-0.4, -0.2) is 15.5 Å². The van der Waals surface area contributed by atoms with Crippen LogP contribution in [0, 0.1) is 0 Å². The lowest BCUT2D eigenvalue weighted by molar-refractivity contribution is -0.107. The molecular weight excluding hydrogens is 231 g/mol. The second kappa shape index (κ2) is 5.11. The SMILES string of the molecule is O=CCCc1cnn(SF)c(=O)c1Cl. The van der Waals surface area contributed by atoms with E-state index in [0.29, 0.717) is 22.4 Å². The molecule has 7 heteroatoms. The predicted molar refractivity (Wildman–Crippen MR) is 52.0 cm³/mol. The van der Waals surface area contributed by atoms with Gasteiger partial charge in [-0.05, 0) is 12.0 Å². The molecule has 0 bridgehead atoms. The van der Waals surface area contributed by atoms with Crippen molar-refractivity contribution in [3.8, 4) is 0 Å². The number of aryl methyl sites for hydroxylation is 1. The molecule has 0 saturated carbocycles. The van der Waals surface area contributed by atoms with Gasteiger partial charge in [-0.15, -0.1) is 7.97 Å². The van der Waals surface area contributed by atoms with Crippen LogP contribution in [0.3, 0.4) is 0 Å². The highest BCUT2D eigenvalue weighted by atomic mass is 35.5. The maximum absolute atomic E-state index is 12.1. The van der Waals surface area contributed by atoms with Gasteiger partial charge in [-0.1, -0.05) is 11.6 Å². The first-order chi connectivity index (χ1) is 6.70. The van der Waals surface area contributed by atoms with Gasteiger partial charge in [-0.25, -0.2) is 0 Å². The summed E-state index contributed by atoms with van der Waals surface area (Å²) >= 11 is 5.32. The summed E-state index contributed by atoms with van der Waals surface area (Å²) in [5.74, 6) is 0. The molecule has 1 rings (SSSR count). The van der Waals surface area contributed by atoms with Crippen LogP contribution < -0.4 is 5.56 Å². The van der Waals surface area contributed by atoms with Crippen LogP contribution in [0.4, 0.5) is 3.89 Å². The topological polar surface area (TPSA) is 52.0 Å². The maximum Gasteiger partial charge on any atom is 0.298 e. The molecule has 0 aromatic carbocycles. The number of nitrogens with zero attached hydrogens (tertiary/aromatic N) is 2. The molecule has 0 aliphatic heterocycles. The Hall–Kier alpha value is -0.880. The number of hydrogen-bond donors (Lipinski definition) is 0. The summed E-state index contributed by atoms with van der Waals surface area (Å²) in [7, 11) is 0. The second-order valence-electron chi connectivity index (χ2n) is 2.44. The van der Waals surface area contributed by atoms with E-state index >= 15 is 0 Å². The molecule has 0 radical (unpaired) electrons. The van der Waals surface area contributed by atoms with Crippen LogP contribution in [0.2, 0.25) is 5.02 Å². The van der Waals surface area contributed by atoms with Gasteiger partial charge in [0.15, 0.2) is 12.3 Å². The van der Waals surface area contributed by atoms with Crippen molar-refractivity contribution >= 4 is 30.2 Å². The molecule has 1 aromatic heterocycles. The quantitative estimate of drug-likeness (QED) is 0.742. The molecule has 76 valence electrons. The fourth-order valence-corrected chi connectivity index (χ4v) is 1.40. The number of hydrogen-bond acceptors (Lipinski definition) is 4. The maximum atomic E-state index is 12.1. The Labute approximate surface area is 88.5 Å². The number of rotatable bonds is 4. The molecule has 0 N–H and O–H groups in total. The highest BCUT2D eigenvalue weighted by Gasteiger charge is 2.09. The summed E-state index contributed by atoms with van der Waals surface area (Å²) in [5.41, 5.74) is -0.253. The van der Waals surface area contributed by atoms with Gasteiger partial charge in [0.1, 0.15) is 11.3 Å². The third-order valence-electron chi connectivity index (χ3n) is 1.56. The third-order valence-corrected chi connectivity index (χ3v) is 2.35. The van der Waals surface area contributed by atoms with Gasteiger partial charge in [0.25, 0.3) is 5.56 Å². The summed E-state index contributed by atoms with van der Waals surface area (Å²) in [5, 5.41) is 3.41. The van der Waals surface area contributed by atoms with Gasteiger partial charge < -0.3 is 4.79 Å². The van der Waals surface area contributed by atoms with Gasteiger partial charge in [0, 0.05) is 6.42 Å². The highest BCUT2D eigenvalue weighted by Crippen LogP contribution is 2.12. The fraction of sp³-hybridized carbons (Fsp3) is 0.286. The number of carbonyl (C=O) groups excluding carboxylic acids is 1. The lowest BCUT2D eigenvalue weighted by Crippen LogP contribution is -2.18. The standard InChI is InChI=1S/C7H6ClFN2O2S/c8-6-5(2-1-3-12)4-10-11(14-9)7(6)13/h3-4H,1-2H2.